The van der Waals surface area contributed by atoms with Crippen molar-refractivity contribution in [1.29, 1.82) is 0 Å². The van der Waals surface area contributed by atoms with E-state index in [4.69, 9.17) is 14.3 Å². The summed E-state index contributed by atoms with van der Waals surface area (Å²) < 4.78 is 10.9. The van der Waals surface area contributed by atoms with Gasteiger partial charge in [-0.3, -0.25) is 4.79 Å². The van der Waals surface area contributed by atoms with Crippen molar-refractivity contribution in [3.8, 4) is 5.75 Å². The maximum Gasteiger partial charge on any atom is 0.338 e. The minimum Gasteiger partial charge on any atom is -0.490 e. The number of furan rings is 1. The van der Waals surface area contributed by atoms with Crippen LogP contribution in [0.25, 0.3) is 0 Å². The number of piperidine rings is 1. The van der Waals surface area contributed by atoms with Gasteiger partial charge in [-0.15, -0.1) is 0 Å². The number of carbonyl (C=O) groups is 2. The van der Waals surface area contributed by atoms with Crippen LogP contribution in [0, 0.1) is 0 Å². The molecule has 0 radical (unpaired) electrons. The van der Waals surface area contributed by atoms with Crippen LogP contribution in [0.3, 0.4) is 0 Å². The Morgan fingerprint density at radius 3 is 2.48 bits per heavy atom. The monoisotopic (exact) mass is 315 g/mol. The highest BCUT2D eigenvalue weighted by Gasteiger charge is 2.27. The van der Waals surface area contributed by atoms with Crippen LogP contribution in [0.4, 0.5) is 0 Å². The number of aromatic carboxylic acids is 1. The molecule has 3 rings (SSSR count). The Kier molecular flexibility index (Phi) is 4.32. The molecule has 1 aliphatic heterocycles. The molecule has 1 fully saturated rings. The molecule has 2 heterocycles. The lowest BCUT2D eigenvalue weighted by atomic mass is 10.1. The van der Waals surface area contributed by atoms with Crippen molar-refractivity contribution in [2.45, 2.75) is 18.9 Å². The fourth-order valence-electron chi connectivity index (χ4n) is 2.58. The molecule has 0 spiro atoms. The van der Waals surface area contributed by atoms with Gasteiger partial charge in [0, 0.05) is 32.0 Å². The van der Waals surface area contributed by atoms with Gasteiger partial charge in [-0.1, -0.05) is 18.2 Å². The first-order valence-corrected chi connectivity index (χ1v) is 7.46. The molecule has 1 aromatic carbocycles. The van der Waals surface area contributed by atoms with E-state index in [1.54, 1.807) is 4.90 Å². The number of hydrogen-bond acceptors (Lipinski definition) is 4. The molecule has 120 valence electrons. The standard InChI is InChI=1S/C17H17NO5/c19-16(15-10-12(11-22-15)17(20)21)18-8-6-14(7-9-18)23-13-4-2-1-3-5-13/h1-5,10-11,14H,6-9H2,(H,20,21). The van der Waals surface area contributed by atoms with E-state index in [2.05, 4.69) is 0 Å². The Hall–Kier alpha value is -2.76. The normalized spacial score (nSPS) is 15.4. The van der Waals surface area contributed by atoms with Crippen LogP contribution in [0.15, 0.2) is 47.1 Å². The molecule has 1 amide bonds. The molecule has 6 nitrogen and oxygen atoms in total. The lowest BCUT2D eigenvalue weighted by Gasteiger charge is -2.31. The van der Waals surface area contributed by atoms with Gasteiger partial charge in [0.2, 0.25) is 0 Å². The molecule has 2 aromatic rings. The minimum atomic E-state index is -1.11. The minimum absolute atomic E-state index is 0.0179. The van der Waals surface area contributed by atoms with Crippen LogP contribution in [-0.4, -0.2) is 41.1 Å². The van der Waals surface area contributed by atoms with Crippen molar-refractivity contribution >= 4 is 11.9 Å². The van der Waals surface area contributed by atoms with E-state index in [1.165, 1.54) is 6.07 Å². The van der Waals surface area contributed by atoms with Crippen molar-refractivity contribution in [1.82, 2.24) is 4.90 Å². The number of carbonyl (C=O) groups excluding carboxylic acids is 1. The second-order valence-corrected chi connectivity index (χ2v) is 5.43. The highest BCUT2D eigenvalue weighted by atomic mass is 16.5. The number of rotatable bonds is 4. The third-order valence-corrected chi connectivity index (χ3v) is 3.83. The predicted molar refractivity (Wildman–Crippen MR) is 81.7 cm³/mol. The number of amides is 1. The van der Waals surface area contributed by atoms with Crippen LogP contribution in [0.1, 0.15) is 33.8 Å². The second-order valence-electron chi connectivity index (χ2n) is 5.43. The third kappa shape index (κ3) is 3.53. The summed E-state index contributed by atoms with van der Waals surface area (Å²) in [5, 5.41) is 8.86. The summed E-state index contributed by atoms with van der Waals surface area (Å²) in [6, 6.07) is 10.9. The fraction of sp³-hybridized carbons (Fsp3) is 0.294. The van der Waals surface area contributed by atoms with Crippen molar-refractivity contribution in [2.75, 3.05) is 13.1 Å². The maximum atomic E-state index is 12.3. The number of benzene rings is 1. The molecular weight excluding hydrogens is 298 g/mol. The van der Waals surface area contributed by atoms with Gasteiger partial charge in [0.25, 0.3) is 5.91 Å². The molecule has 1 N–H and O–H groups in total. The van der Waals surface area contributed by atoms with Crippen LogP contribution in [0.5, 0.6) is 5.75 Å². The Labute approximate surface area is 133 Å². The Morgan fingerprint density at radius 2 is 1.87 bits per heavy atom. The summed E-state index contributed by atoms with van der Waals surface area (Å²) in [5.41, 5.74) is -0.0179. The molecule has 1 aliphatic rings. The second kappa shape index (κ2) is 6.56. The quantitative estimate of drug-likeness (QED) is 0.938. The third-order valence-electron chi connectivity index (χ3n) is 3.83. The van der Waals surface area contributed by atoms with Crippen molar-refractivity contribution in [2.24, 2.45) is 0 Å². The van der Waals surface area contributed by atoms with Gasteiger partial charge < -0.3 is 19.2 Å². The Morgan fingerprint density at radius 1 is 1.17 bits per heavy atom. The van der Waals surface area contributed by atoms with Crippen molar-refractivity contribution in [3.05, 3.63) is 54.0 Å². The van der Waals surface area contributed by atoms with Gasteiger partial charge in [-0.05, 0) is 12.1 Å². The number of carboxylic acids is 1. The molecule has 1 aromatic heterocycles. The van der Waals surface area contributed by atoms with Gasteiger partial charge >= 0.3 is 5.97 Å². The summed E-state index contributed by atoms with van der Waals surface area (Å²) >= 11 is 0. The van der Waals surface area contributed by atoms with Gasteiger partial charge in [-0.25, -0.2) is 4.79 Å². The van der Waals surface area contributed by atoms with Crippen molar-refractivity contribution in [3.63, 3.8) is 0 Å². The van der Waals surface area contributed by atoms with E-state index >= 15 is 0 Å². The van der Waals surface area contributed by atoms with Crippen LogP contribution in [0.2, 0.25) is 0 Å². The first-order valence-electron chi connectivity index (χ1n) is 7.46. The van der Waals surface area contributed by atoms with Gasteiger partial charge in [0.15, 0.2) is 5.76 Å². The average molecular weight is 315 g/mol. The fourth-order valence-corrected chi connectivity index (χ4v) is 2.58. The van der Waals surface area contributed by atoms with Crippen LogP contribution in [-0.2, 0) is 0 Å². The van der Waals surface area contributed by atoms with Gasteiger partial charge in [0.05, 0.1) is 5.56 Å². The molecule has 1 saturated heterocycles. The topological polar surface area (TPSA) is 80.0 Å². The number of para-hydroxylation sites is 1. The van der Waals surface area contributed by atoms with E-state index in [9.17, 15) is 9.59 Å². The molecule has 0 saturated carbocycles. The van der Waals surface area contributed by atoms with E-state index in [0.717, 1.165) is 24.9 Å². The average Bonchev–Trinajstić information content (AvgIpc) is 3.06. The summed E-state index contributed by atoms with van der Waals surface area (Å²) in [4.78, 5) is 24.8. The first-order chi connectivity index (χ1) is 11.1. The molecule has 0 bridgehead atoms. The maximum absolute atomic E-state index is 12.3. The molecule has 0 unspecified atom stereocenters. The zero-order valence-corrected chi connectivity index (χ0v) is 12.5. The summed E-state index contributed by atoms with van der Waals surface area (Å²) in [6.45, 7) is 1.11. The smallest absolute Gasteiger partial charge is 0.338 e. The zero-order chi connectivity index (χ0) is 16.2. The highest BCUT2D eigenvalue weighted by Crippen LogP contribution is 2.20. The van der Waals surface area contributed by atoms with E-state index in [-0.39, 0.29) is 23.3 Å². The number of nitrogens with zero attached hydrogens (tertiary/aromatic N) is 1. The Bertz CT molecular complexity index is 686. The summed E-state index contributed by atoms with van der Waals surface area (Å²) in [5.74, 6) is -0.502. The SMILES string of the molecule is O=C(O)c1coc(C(=O)N2CCC(Oc3ccccc3)CC2)c1. The van der Waals surface area contributed by atoms with Gasteiger partial charge in [0.1, 0.15) is 18.1 Å². The largest absolute Gasteiger partial charge is 0.490 e. The molecule has 6 heteroatoms. The lowest BCUT2D eigenvalue weighted by Crippen LogP contribution is -2.41. The highest BCUT2D eigenvalue weighted by molar-refractivity contribution is 5.95. The van der Waals surface area contributed by atoms with Crippen LogP contribution < -0.4 is 4.74 Å². The summed E-state index contributed by atoms with van der Waals surface area (Å²) in [6.07, 6.45) is 2.62. The van der Waals surface area contributed by atoms with E-state index in [1.807, 2.05) is 30.3 Å². The van der Waals surface area contributed by atoms with E-state index < -0.39 is 5.97 Å². The van der Waals surface area contributed by atoms with E-state index in [0.29, 0.717) is 13.1 Å². The van der Waals surface area contributed by atoms with Crippen LogP contribution >= 0.6 is 0 Å². The first kappa shape index (κ1) is 15.1. The number of hydrogen-bond donors (Lipinski definition) is 1. The Balaban J connectivity index is 1.55. The number of ether oxygens (including phenoxy) is 1. The number of carboxylic acid groups (broad SMARTS) is 1. The molecule has 23 heavy (non-hydrogen) atoms. The molecule has 0 aliphatic carbocycles. The molecular formula is C17H17NO5. The predicted octanol–water partition coefficient (Wildman–Crippen LogP) is 2.66. The molecule has 0 atom stereocenters. The lowest BCUT2D eigenvalue weighted by molar-refractivity contribution is 0.0566. The zero-order valence-electron chi connectivity index (χ0n) is 12.5. The van der Waals surface area contributed by atoms with Gasteiger partial charge in [-0.2, -0.15) is 0 Å². The summed E-state index contributed by atoms with van der Waals surface area (Å²) in [7, 11) is 0. The van der Waals surface area contributed by atoms with Crippen molar-refractivity contribution < 1.29 is 23.8 Å². The number of likely N-dealkylation sites (tertiary alicyclic amines) is 1.